The summed E-state index contributed by atoms with van der Waals surface area (Å²) in [5.41, 5.74) is 11.7. The molecule has 4 aromatic rings. The fourth-order valence-corrected chi connectivity index (χ4v) is 3.28. The third-order valence-electron chi connectivity index (χ3n) is 4.68. The lowest BCUT2D eigenvalue weighted by molar-refractivity contribution is 0.892. The van der Waals surface area contributed by atoms with Crippen LogP contribution in [0.25, 0.3) is 34.3 Å². The summed E-state index contributed by atoms with van der Waals surface area (Å²) in [5.74, 6) is 0. The van der Waals surface area contributed by atoms with E-state index in [1.807, 2.05) is 71.4 Å². The van der Waals surface area contributed by atoms with E-state index in [0.717, 1.165) is 33.8 Å². The maximum atomic E-state index is 9.16. The SMILES string of the molecule is N#C/C(=C\c1ccc(-n2nc(-c3ccccc3)cc2-c2ccccc2)cc1)C(N)=S. The second kappa shape index (κ2) is 8.56. The Balaban J connectivity index is 1.79. The van der Waals surface area contributed by atoms with Crippen LogP contribution in [0.5, 0.6) is 0 Å². The van der Waals surface area contributed by atoms with Crippen molar-refractivity contribution in [2.75, 3.05) is 0 Å². The van der Waals surface area contributed by atoms with Gasteiger partial charge in [-0.05, 0) is 29.8 Å². The summed E-state index contributed by atoms with van der Waals surface area (Å²) in [6.45, 7) is 0. The highest BCUT2D eigenvalue weighted by Gasteiger charge is 2.13. The second-order valence-corrected chi connectivity index (χ2v) is 7.12. The Labute approximate surface area is 180 Å². The van der Waals surface area contributed by atoms with Crippen molar-refractivity contribution in [3.8, 4) is 34.3 Å². The van der Waals surface area contributed by atoms with Crippen LogP contribution < -0.4 is 5.73 Å². The van der Waals surface area contributed by atoms with Gasteiger partial charge >= 0.3 is 0 Å². The van der Waals surface area contributed by atoms with E-state index in [4.69, 9.17) is 28.3 Å². The van der Waals surface area contributed by atoms with Crippen molar-refractivity contribution in [2.45, 2.75) is 0 Å². The zero-order chi connectivity index (χ0) is 20.9. The zero-order valence-corrected chi connectivity index (χ0v) is 16.9. The van der Waals surface area contributed by atoms with Gasteiger partial charge in [0.25, 0.3) is 0 Å². The molecule has 3 aromatic carbocycles. The Morgan fingerprint density at radius 3 is 2.07 bits per heavy atom. The van der Waals surface area contributed by atoms with Crippen molar-refractivity contribution in [1.29, 1.82) is 5.26 Å². The molecule has 0 bridgehead atoms. The van der Waals surface area contributed by atoms with E-state index in [2.05, 4.69) is 30.3 Å². The van der Waals surface area contributed by atoms with E-state index in [9.17, 15) is 0 Å². The number of thiocarbonyl (C=S) groups is 1. The van der Waals surface area contributed by atoms with Crippen molar-refractivity contribution in [1.82, 2.24) is 9.78 Å². The molecule has 0 aliphatic heterocycles. The average molecular weight is 407 g/mol. The third-order valence-corrected chi connectivity index (χ3v) is 4.90. The summed E-state index contributed by atoms with van der Waals surface area (Å²) in [4.78, 5) is 0.0903. The Morgan fingerprint density at radius 1 is 0.900 bits per heavy atom. The average Bonchev–Trinajstić information content (AvgIpc) is 3.24. The normalized spacial score (nSPS) is 11.1. The highest BCUT2D eigenvalue weighted by atomic mass is 32.1. The second-order valence-electron chi connectivity index (χ2n) is 6.68. The van der Waals surface area contributed by atoms with Crippen LogP contribution in [0.2, 0.25) is 0 Å². The van der Waals surface area contributed by atoms with E-state index in [-0.39, 0.29) is 10.6 Å². The summed E-state index contributed by atoms with van der Waals surface area (Å²) in [7, 11) is 0. The summed E-state index contributed by atoms with van der Waals surface area (Å²) in [6, 6.07) is 32.2. The molecule has 0 saturated heterocycles. The van der Waals surface area contributed by atoms with Gasteiger partial charge in [-0.25, -0.2) is 4.68 Å². The molecule has 0 aliphatic carbocycles. The van der Waals surface area contributed by atoms with Crippen LogP contribution >= 0.6 is 12.2 Å². The van der Waals surface area contributed by atoms with Crippen LogP contribution in [-0.2, 0) is 0 Å². The minimum absolute atomic E-state index is 0.0903. The summed E-state index contributed by atoms with van der Waals surface area (Å²) in [5, 5.41) is 14.0. The number of hydrogen-bond donors (Lipinski definition) is 1. The maximum Gasteiger partial charge on any atom is 0.114 e. The van der Waals surface area contributed by atoms with E-state index in [1.54, 1.807) is 6.08 Å². The molecule has 0 radical (unpaired) electrons. The molecule has 4 nitrogen and oxygen atoms in total. The summed E-state index contributed by atoms with van der Waals surface area (Å²) >= 11 is 4.91. The van der Waals surface area contributed by atoms with Gasteiger partial charge < -0.3 is 5.73 Å². The number of nitrogens with zero attached hydrogens (tertiary/aromatic N) is 3. The lowest BCUT2D eigenvalue weighted by Gasteiger charge is -2.08. The topological polar surface area (TPSA) is 67.6 Å². The Hall–Kier alpha value is -4.01. The number of benzene rings is 3. The molecule has 5 heteroatoms. The van der Waals surface area contributed by atoms with Crippen LogP contribution in [0, 0.1) is 11.3 Å². The van der Waals surface area contributed by atoms with Crippen molar-refractivity contribution in [2.24, 2.45) is 5.73 Å². The Bertz CT molecular complexity index is 1250. The van der Waals surface area contributed by atoms with Gasteiger partial charge in [0.1, 0.15) is 11.1 Å². The Kier molecular flexibility index (Phi) is 5.51. The largest absolute Gasteiger partial charge is 0.389 e. The van der Waals surface area contributed by atoms with Crippen LogP contribution in [0.4, 0.5) is 0 Å². The van der Waals surface area contributed by atoms with Crippen molar-refractivity contribution < 1.29 is 0 Å². The van der Waals surface area contributed by atoms with Gasteiger partial charge in [-0.1, -0.05) is 85.0 Å². The molecule has 144 valence electrons. The van der Waals surface area contributed by atoms with Crippen LogP contribution in [0.1, 0.15) is 5.56 Å². The molecule has 0 fully saturated rings. The minimum atomic E-state index is 0.0903. The summed E-state index contributed by atoms with van der Waals surface area (Å²) < 4.78 is 1.93. The first kappa shape index (κ1) is 19.3. The molecular formula is C25H18N4S. The number of nitrogens with two attached hydrogens (primary N) is 1. The van der Waals surface area contributed by atoms with Gasteiger partial charge in [-0.15, -0.1) is 0 Å². The standard InChI is InChI=1S/C25H18N4S/c26-17-21(25(27)30)15-18-11-13-22(14-12-18)29-24(20-9-5-2-6-10-20)16-23(28-29)19-7-3-1-4-8-19/h1-16H,(H2,27,30)/b21-15+. The predicted molar refractivity (Wildman–Crippen MR) is 125 cm³/mol. The van der Waals surface area contributed by atoms with Crippen molar-refractivity contribution in [3.63, 3.8) is 0 Å². The van der Waals surface area contributed by atoms with Crippen LogP contribution in [0.3, 0.4) is 0 Å². The minimum Gasteiger partial charge on any atom is -0.389 e. The maximum absolute atomic E-state index is 9.16. The molecule has 4 rings (SSSR count). The molecule has 1 heterocycles. The van der Waals surface area contributed by atoms with E-state index >= 15 is 0 Å². The lowest BCUT2D eigenvalue weighted by Crippen LogP contribution is -2.09. The van der Waals surface area contributed by atoms with Gasteiger partial charge in [0, 0.05) is 11.1 Å². The number of aromatic nitrogens is 2. The first-order chi connectivity index (χ1) is 14.7. The van der Waals surface area contributed by atoms with Gasteiger partial charge in [0.2, 0.25) is 0 Å². The molecule has 1 aromatic heterocycles. The fourth-order valence-electron chi connectivity index (χ4n) is 3.18. The molecule has 0 aliphatic rings. The van der Waals surface area contributed by atoms with E-state index in [1.165, 1.54) is 0 Å². The predicted octanol–water partition coefficient (Wildman–Crippen LogP) is 5.40. The van der Waals surface area contributed by atoms with Crippen molar-refractivity contribution in [3.05, 3.63) is 102 Å². The van der Waals surface area contributed by atoms with Gasteiger partial charge in [0.05, 0.1) is 22.6 Å². The molecule has 30 heavy (non-hydrogen) atoms. The highest BCUT2D eigenvalue weighted by Crippen LogP contribution is 2.28. The van der Waals surface area contributed by atoms with Gasteiger partial charge in [-0.2, -0.15) is 10.4 Å². The fraction of sp³-hybridized carbons (Fsp3) is 0. The van der Waals surface area contributed by atoms with E-state index < -0.39 is 0 Å². The quantitative estimate of drug-likeness (QED) is 0.274. The molecule has 0 atom stereocenters. The molecule has 0 spiro atoms. The smallest absolute Gasteiger partial charge is 0.114 e. The first-order valence-corrected chi connectivity index (χ1v) is 9.79. The van der Waals surface area contributed by atoms with Crippen molar-refractivity contribution >= 4 is 23.3 Å². The third kappa shape index (κ3) is 4.04. The molecule has 2 N–H and O–H groups in total. The molecule has 0 saturated carbocycles. The number of nitriles is 1. The molecule has 0 unspecified atom stereocenters. The lowest BCUT2D eigenvalue weighted by atomic mass is 10.1. The summed E-state index contributed by atoms with van der Waals surface area (Å²) in [6.07, 6.45) is 1.68. The number of hydrogen-bond acceptors (Lipinski definition) is 3. The Morgan fingerprint density at radius 2 is 1.50 bits per heavy atom. The number of rotatable bonds is 5. The first-order valence-electron chi connectivity index (χ1n) is 9.38. The van der Waals surface area contributed by atoms with Crippen LogP contribution in [0.15, 0.2) is 96.6 Å². The monoisotopic (exact) mass is 406 g/mol. The molecule has 0 amide bonds. The van der Waals surface area contributed by atoms with Gasteiger partial charge in [0.15, 0.2) is 0 Å². The zero-order valence-electron chi connectivity index (χ0n) is 16.1. The van der Waals surface area contributed by atoms with Crippen LogP contribution in [-0.4, -0.2) is 14.8 Å². The van der Waals surface area contributed by atoms with E-state index in [0.29, 0.717) is 0 Å². The van der Waals surface area contributed by atoms with Gasteiger partial charge in [-0.3, -0.25) is 0 Å². The molecular weight excluding hydrogens is 388 g/mol. The highest BCUT2D eigenvalue weighted by molar-refractivity contribution is 7.80.